The van der Waals surface area contributed by atoms with Crippen molar-refractivity contribution in [2.75, 3.05) is 6.61 Å². The normalized spacial score (nSPS) is 32.7. The molecule has 0 saturated heterocycles. The minimum absolute atomic E-state index is 0.0963. The van der Waals surface area contributed by atoms with E-state index >= 15 is 0 Å². The third-order valence-corrected chi connectivity index (χ3v) is 9.31. The summed E-state index contributed by atoms with van der Waals surface area (Å²) in [5, 5.41) is 21.0. The highest BCUT2D eigenvalue weighted by Crippen LogP contribution is 2.62. The summed E-state index contributed by atoms with van der Waals surface area (Å²) in [6, 6.07) is 16.5. The summed E-state index contributed by atoms with van der Waals surface area (Å²) >= 11 is 0. The van der Waals surface area contributed by atoms with Crippen LogP contribution in [0.25, 0.3) is 0 Å². The van der Waals surface area contributed by atoms with Crippen molar-refractivity contribution < 1.29 is 14.9 Å². The molecule has 3 aliphatic rings. The van der Waals surface area contributed by atoms with Gasteiger partial charge in [0.1, 0.15) is 5.75 Å². The molecule has 3 nitrogen and oxygen atoms in total. The number of hydrogen-bond acceptors (Lipinski definition) is 3. The second kappa shape index (κ2) is 9.80. The molecule has 6 unspecified atom stereocenters. The van der Waals surface area contributed by atoms with E-state index in [2.05, 4.69) is 37.3 Å². The summed E-state index contributed by atoms with van der Waals surface area (Å²) in [4.78, 5) is 0. The molecule has 0 amide bonds. The third-order valence-electron chi connectivity index (χ3n) is 9.31. The van der Waals surface area contributed by atoms with Gasteiger partial charge in [0.2, 0.25) is 0 Å². The van der Waals surface area contributed by atoms with E-state index in [0.29, 0.717) is 36.0 Å². The Bertz CT molecular complexity index is 925. The molecule has 178 valence electrons. The molecule has 0 heterocycles. The average Bonchev–Trinajstić information content (AvgIpc) is 3.13. The van der Waals surface area contributed by atoms with E-state index in [1.54, 1.807) is 0 Å². The Labute approximate surface area is 199 Å². The monoisotopic (exact) mass is 448 g/mol. The molecule has 0 radical (unpaired) electrons. The zero-order valence-electron chi connectivity index (χ0n) is 20.1. The Hall–Kier alpha value is -1.84. The molecule has 3 aliphatic carbocycles. The van der Waals surface area contributed by atoms with Crippen LogP contribution in [-0.2, 0) is 17.8 Å². The van der Waals surface area contributed by atoms with Gasteiger partial charge in [-0.05, 0) is 103 Å². The van der Waals surface area contributed by atoms with Crippen LogP contribution in [0.1, 0.15) is 80.9 Å². The highest BCUT2D eigenvalue weighted by atomic mass is 16.5. The summed E-state index contributed by atoms with van der Waals surface area (Å²) in [7, 11) is 0. The summed E-state index contributed by atoms with van der Waals surface area (Å²) < 4.78 is 5.88. The zero-order valence-corrected chi connectivity index (χ0v) is 20.1. The van der Waals surface area contributed by atoms with Gasteiger partial charge in [-0.1, -0.05) is 56.2 Å². The minimum atomic E-state index is -0.132. The number of hydrogen-bond donors (Lipinski definition) is 2. The lowest BCUT2D eigenvalue weighted by atomic mass is 9.52. The number of phenols is 1. The highest BCUT2D eigenvalue weighted by Gasteiger charge is 2.56. The fourth-order valence-electron chi connectivity index (χ4n) is 7.58. The molecule has 0 aromatic heterocycles. The van der Waals surface area contributed by atoms with Gasteiger partial charge >= 0.3 is 0 Å². The number of aromatic hydroxyl groups is 1. The Morgan fingerprint density at radius 3 is 2.70 bits per heavy atom. The first-order chi connectivity index (χ1) is 16.1. The van der Waals surface area contributed by atoms with Crippen LogP contribution in [-0.4, -0.2) is 22.9 Å². The fraction of sp³-hybridized carbons (Fsp3) is 0.600. The Kier molecular flexibility index (Phi) is 6.81. The van der Waals surface area contributed by atoms with Crippen LogP contribution < -0.4 is 0 Å². The molecule has 3 heteroatoms. The van der Waals surface area contributed by atoms with Crippen molar-refractivity contribution in [3.63, 3.8) is 0 Å². The van der Waals surface area contributed by atoms with Gasteiger partial charge < -0.3 is 14.9 Å². The molecule has 2 fully saturated rings. The van der Waals surface area contributed by atoms with E-state index in [1.807, 2.05) is 18.2 Å². The number of fused-ring (bicyclic) bond motifs is 5. The van der Waals surface area contributed by atoms with Gasteiger partial charge in [-0.2, -0.15) is 0 Å². The first kappa shape index (κ1) is 22.9. The van der Waals surface area contributed by atoms with Crippen LogP contribution in [0.15, 0.2) is 48.5 Å². The summed E-state index contributed by atoms with van der Waals surface area (Å²) in [5.41, 5.74) is 4.19. The van der Waals surface area contributed by atoms with Crippen LogP contribution in [0, 0.1) is 23.2 Å². The van der Waals surface area contributed by atoms with Gasteiger partial charge in [0.15, 0.2) is 0 Å². The quantitative estimate of drug-likeness (QED) is 0.447. The number of aliphatic hydroxyl groups is 1. The molecule has 2 N–H and O–H groups in total. The fourth-order valence-corrected chi connectivity index (χ4v) is 7.58. The summed E-state index contributed by atoms with van der Waals surface area (Å²) in [5.74, 6) is 2.96. The van der Waals surface area contributed by atoms with Crippen molar-refractivity contribution in [1.82, 2.24) is 0 Å². The van der Waals surface area contributed by atoms with Gasteiger partial charge in [0.25, 0.3) is 0 Å². The van der Waals surface area contributed by atoms with Crippen molar-refractivity contribution in [3.05, 3.63) is 65.2 Å². The molecule has 0 aliphatic heterocycles. The number of ether oxygens (including phenoxy) is 1. The van der Waals surface area contributed by atoms with Crippen LogP contribution in [0.4, 0.5) is 0 Å². The maximum atomic E-state index is 10.8. The van der Waals surface area contributed by atoms with Gasteiger partial charge in [-0.3, -0.25) is 0 Å². The predicted octanol–water partition coefficient (Wildman–Crippen LogP) is 6.61. The summed E-state index contributed by atoms with van der Waals surface area (Å²) in [6.07, 6.45) is 10.2. The molecule has 6 atom stereocenters. The van der Waals surface area contributed by atoms with E-state index in [-0.39, 0.29) is 11.5 Å². The highest BCUT2D eigenvalue weighted by molar-refractivity contribution is 5.40. The molecule has 2 aromatic rings. The van der Waals surface area contributed by atoms with Gasteiger partial charge in [-0.15, -0.1) is 0 Å². The second-order valence-corrected chi connectivity index (χ2v) is 11.2. The number of phenolic OH excluding ortho intramolecular Hbond substituents is 1. The van der Waals surface area contributed by atoms with E-state index in [0.717, 1.165) is 32.3 Å². The predicted molar refractivity (Wildman–Crippen MR) is 132 cm³/mol. The van der Waals surface area contributed by atoms with E-state index in [4.69, 9.17) is 4.74 Å². The van der Waals surface area contributed by atoms with Crippen molar-refractivity contribution in [2.24, 2.45) is 23.2 Å². The number of rotatable bonds is 8. The Morgan fingerprint density at radius 2 is 1.85 bits per heavy atom. The van der Waals surface area contributed by atoms with Crippen molar-refractivity contribution >= 4 is 0 Å². The molecule has 2 saturated carbocycles. The Morgan fingerprint density at radius 1 is 1.00 bits per heavy atom. The van der Waals surface area contributed by atoms with Crippen LogP contribution in [0.3, 0.4) is 0 Å². The van der Waals surface area contributed by atoms with Crippen LogP contribution >= 0.6 is 0 Å². The van der Waals surface area contributed by atoms with Crippen molar-refractivity contribution in [1.29, 1.82) is 0 Å². The topological polar surface area (TPSA) is 49.7 Å². The largest absolute Gasteiger partial charge is 0.508 e. The van der Waals surface area contributed by atoms with Crippen LogP contribution in [0.5, 0.6) is 5.75 Å². The summed E-state index contributed by atoms with van der Waals surface area (Å²) in [6.45, 7) is 3.89. The lowest BCUT2D eigenvalue weighted by Gasteiger charge is -2.53. The van der Waals surface area contributed by atoms with Gasteiger partial charge in [0.05, 0.1) is 12.7 Å². The van der Waals surface area contributed by atoms with E-state index < -0.39 is 0 Å². The lowest BCUT2D eigenvalue weighted by Crippen LogP contribution is -2.47. The molecule has 33 heavy (non-hydrogen) atoms. The molecule has 5 rings (SSSR count). The van der Waals surface area contributed by atoms with E-state index in [9.17, 15) is 10.2 Å². The lowest BCUT2D eigenvalue weighted by molar-refractivity contribution is -0.0396. The number of benzene rings is 2. The number of unbranched alkanes of at least 4 members (excludes halogenated alkanes) is 2. The Balaban J connectivity index is 1.20. The SMILES string of the molecule is CC12CCC3c4ccc(O)cc4CC(CCCCCOCc4ccccc4)C3C1CCC2O. The number of aliphatic hydroxyl groups excluding tert-OH is 1. The minimum Gasteiger partial charge on any atom is -0.508 e. The molecular weight excluding hydrogens is 408 g/mol. The van der Waals surface area contributed by atoms with Gasteiger partial charge in [0, 0.05) is 6.61 Å². The zero-order chi connectivity index (χ0) is 22.8. The van der Waals surface area contributed by atoms with E-state index in [1.165, 1.54) is 48.8 Å². The second-order valence-electron chi connectivity index (χ2n) is 11.2. The standard InChI is InChI=1S/C30H40O3/c1-30-16-15-26-25-12-11-24(31)19-23(25)18-22(29(26)27(30)13-14-28(30)32)10-6-3-7-17-33-20-21-8-4-2-5-9-21/h2,4-5,8-9,11-12,19,22,26-29,31-32H,3,6-7,10,13-18,20H2,1H3. The third kappa shape index (κ3) is 4.59. The molecular formula is C30H40O3. The maximum Gasteiger partial charge on any atom is 0.115 e. The maximum absolute atomic E-state index is 10.8. The van der Waals surface area contributed by atoms with Crippen LogP contribution in [0.2, 0.25) is 0 Å². The first-order valence-electron chi connectivity index (χ1n) is 13.2. The first-order valence-corrected chi connectivity index (χ1v) is 13.2. The molecule has 0 bridgehead atoms. The van der Waals surface area contributed by atoms with Crippen molar-refractivity contribution in [3.8, 4) is 5.75 Å². The van der Waals surface area contributed by atoms with Gasteiger partial charge in [-0.25, -0.2) is 0 Å². The average molecular weight is 449 g/mol. The molecule has 0 spiro atoms. The van der Waals surface area contributed by atoms with Crippen molar-refractivity contribution in [2.45, 2.75) is 83.3 Å². The smallest absolute Gasteiger partial charge is 0.115 e. The molecule has 2 aromatic carbocycles.